The summed E-state index contributed by atoms with van der Waals surface area (Å²) in [5.74, 6) is 1.77. The van der Waals surface area contributed by atoms with Gasteiger partial charge in [-0.1, -0.05) is 12.1 Å². The normalized spacial score (nSPS) is 10.2. The predicted octanol–water partition coefficient (Wildman–Crippen LogP) is 4.16. The predicted molar refractivity (Wildman–Crippen MR) is 111 cm³/mol. The van der Waals surface area contributed by atoms with Gasteiger partial charge in [0.15, 0.2) is 0 Å². The lowest BCUT2D eigenvalue weighted by atomic mass is 10.2. The van der Waals surface area contributed by atoms with E-state index < -0.39 is 5.97 Å². The lowest BCUT2D eigenvalue weighted by Crippen LogP contribution is -2.08. The first-order valence-electron chi connectivity index (χ1n) is 9.00. The fraction of sp³-hybridized carbons (Fsp3) is 0.190. The highest BCUT2D eigenvalue weighted by molar-refractivity contribution is 5.96. The highest BCUT2D eigenvalue weighted by atomic mass is 16.5. The number of esters is 1. The molecule has 0 saturated heterocycles. The molecule has 0 spiro atoms. The van der Waals surface area contributed by atoms with Crippen LogP contribution in [0.2, 0.25) is 0 Å². The van der Waals surface area contributed by atoms with Gasteiger partial charge in [-0.25, -0.2) is 9.78 Å². The number of para-hydroxylation sites is 1. The van der Waals surface area contributed by atoms with E-state index in [0.717, 1.165) is 0 Å². The molecule has 0 atom stereocenters. The molecule has 2 aromatic carbocycles. The van der Waals surface area contributed by atoms with Crippen molar-refractivity contribution in [3.8, 4) is 11.5 Å². The van der Waals surface area contributed by atoms with Crippen LogP contribution in [0.3, 0.4) is 0 Å². The van der Waals surface area contributed by atoms with Crippen LogP contribution in [0.25, 0.3) is 0 Å². The molecule has 0 aliphatic rings. The molecule has 1 aromatic heterocycles. The highest BCUT2D eigenvalue weighted by Crippen LogP contribution is 2.31. The van der Waals surface area contributed by atoms with E-state index in [2.05, 4.69) is 20.6 Å². The van der Waals surface area contributed by atoms with E-state index in [1.807, 2.05) is 6.07 Å². The Morgan fingerprint density at radius 1 is 1.00 bits per heavy atom. The summed E-state index contributed by atoms with van der Waals surface area (Å²) < 4.78 is 15.7. The molecule has 0 saturated carbocycles. The van der Waals surface area contributed by atoms with E-state index in [1.54, 1.807) is 69.8 Å². The molecule has 0 bridgehead atoms. The van der Waals surface area contributed by atoms with Gasteiger partial charge in [0.2, 0.25) is 5.95 Å². The second kappa shape index (κ2) is 9.41. The molecular weight excluding hydrogens is 372 g/mol. The summed E-state index contributed by atoms with van der Waals surface area (Å²) in [6, 6.07) is 14.2. The summed E-state index contributed by atoms with van der Waals surface area (Å²) in [6.45, 7) is 2.07. The first kappa shape index (κ1) is 19.9. The zero-order valence-electron chi connectivity index (χ0n) is 16.4. The Kier molecular flexibility index (Phi) is 6.47. The molecular formula is C21H22N4O4. The number of nitrogens with zero attached hydrogens (tertiary/aromatic N) is 2. The Hall–Kier alpha value is -3.81. The smallest absolute Gasteiger partial charge is 0.340 e. The summed E-state index contributed by atoms with van der Waals surface area (Å²) >= 11 is 0. The van der Waals surface area contributed by atoms with Gasteiger partial charge in [0.05, 0.1) is 37.8 Å². The number of aromatic nitrogens is 2. The molecule has 1 heterocycles. The number of carbonyl (C=O) groups excluding carboxylic acids is 1. The van der Waals surface area contributed by atoms with Crippen molar-refractivity contribution in [1.29, 1.82) is 0 Å². The maximum absolute atomic E-state index is 12.2. The van der Waals surface area contributed by atoms with E-state index in [9.17, 15) is 4.79 Å². The minimum Gasteiger partial charge on any atom is -0.497 e. The lowest BCUT2D eigenvalue weighted by Gasteiger charge is -2.13. The van der Waals surface area contributed by atoms with E-state index in [-0.39, 0.29) is 0 Å². The minimum atomic E-state index is -0.399. The van der Waals surface area contributed by atoms with Crippen molar-refractivity contribution in [2.24, 2.45) is 0 Å². The zero-order valence-corrected chi connectivity index (χ0v) is 16.4. The molecule has 29 heavy (non-hydrogen) atoms. The lowest BCUT2D eigenvalue weighted by molar-refractivity contribution is 0.0527. The molecule has 150 valence electrons. The molecule has 8 nitrogen and oxygen atoms in total. The van der Waals surface area contributed by atoms with Crippen LogP contribution in [0, 0.1) is 0 Å². The van der Waals surface area contributed by atoms with E-state index in [1.165, 1.54) is 0 Å². The van der Waals surface area contributed by atoms with Crippen molar-refractivity contribution in [2.75, 3.05) is 31.5 Å². The summed E-state index contributed by atoms with van der Waals surface area (Å²) in [5.41, 5.74) is 1.68. The quantitative estimate of drug-likeness (QED) is 0.550. The van der Waals surface area contributed by atoms with Crippen LogP contribution >= 0.6 is 0 Å². The zero-order chi connectivity index (χ0) is 20.6. The van der Waals surface area contributed by atoms with Crippen LogP contribution in [0.5, 0.6) is 11.5 Å². The summed E-state index contributed by atoms with van der Waals surface area (Å²) in [4.78, 5) is 20.9. The first-order chi connectivity index (χ1) is 14.1. The second-order valence-corrected chi connectivity index (χ2v) is 5.85. The number of hydrogen-bond donors (Lipinski definition) is 2. The number of anilines is 4. The van der Waals surface area contributed by atoms with Crippen LogP contribution in [0.4, 0.5) is 23.1 Å². The van der Waals surface area contributed by atoms with Crippen molar-refractivity contribution in [2.45, 2.75) is 6.92 Å². The highest BCUT2D eigenvalue weighted by Gasteiger charge is 2.13. The molecule has 0 radical (unpaired) electrons. The number of hydrogen-bond acceptors (Lipinski definition) is 8. The average molecular weight is 394 g/mol. The summed E-state index contributed by atoms with van der Waals surface area (Å²) in [5, 5.41) is 6.26. The van der Waals surface area contributed by atoms with Gasteiger partial charge >= 0.3 is 5.97 Å². The molecule has 0 fully saturated rings. The number of rotatable bonds is 8. The van der Waals surface area contributed by atoms with Crippen LogP contribution in [0.1, 0.15) is 17.3 Å². The van der Waals surface area contributed by atoms with E-state index >= 15 is 0 Å². The van der Waals surface area contributed by atoms with Gasteiger partial charge in [0, 0.05) is 12.3 Å². The van der Waals surface area contributed by atoms with Gasteiger partial charge in [-0.05, 0) is 37.3 Å². The first-order valence-corrected chi connectivity index (χ1v) is 9.00. The van der Waals surface area contributed by atoms with Gasteiger partial charge < -0.3 is 24.8 Å². The SMILES string of the molecule is CCOC(=O)c1ccccc1Nc1ccnc(Nc2cc(OC)ccc2OC)n1. The van der Waals surface area contributed by atoms with Crippen LogP contribution in [0.15, 0.2) is 54.7 Å². The Bertz CT molecular complexity index is 994. The van der Waals surface area contributed by atoms with Gasteiger partial charge in [0.25, 0.3) is 0 Å². The van der Waals surface area contributed by atoms with Gasteiger partial charge in [-0.2, -0.15) is 4.98 Å². The van der Waals surface area contributed by atoms with Crippen molar-refractivity contribution < 1.29 is 19.0 Å². The summed E-state index contributed by atoms with van der Waals surface area (Å²) in [7, 11) is 3.17. The number of nitrogens with one attached hydrogen (secondary N) is 2. The average Bonchev–Trinajstić information content (AvgIpc) is 2.74. The molecule has 3 aromatic rings. The van der Waals surface area contributed by atoms with Gasteiger partial charge in [-0.15, -0.1) is 0 Å². The Labute approximate surface area is 168 Å². The third kappa shape index (κ3) is 4.92. The topological polar surface area (TPSA) is 94.6 Å². The third-order valence-corrected chi connectivity index (χ3v) is 3.99. The van der Waals surface area contributed by atoms with Crippen molar-refractivity contribution >= 4 is 29.1 Å². The standard InChI is InChI=1S/C21H22N4O4/c1-4-29-20(26)15-7-5-6-8-16(15)23-19-11-12-22-21(25-19)24-17-13-14(27-2)9-10-18(17)28-3/h5-13H,4H2,1-3H3,(H2,22,23,24,25). The van der Waals surface area contributed by atoms with Crippen molar-refractivity contribution in [3.63, 3.8) is 0 Å². The molecule has 3 rings (SSSR count). The van der Waals surface area contributed by atoms with Gasteiger partial charge in [-0.3, -0.25) is 0 Å². The molecule has 0 unspecified atom stereocenters. The maximum atomic E-state index is 12.2. The Morgan fingerprint density at radius 3 is 2.59 bits per heavy atom. The fourth-order valence-electron chi connectivity index (χ4n) is 2.64. The number of ether oxygens (including phenoxy) is 3. The van der Waals surface area contributed by atoms with Crippen LogP contribution in [-0.4, -0.2) is 36.8 Å². The molecule has 0 aliphatic carbocycles. The van der Waals surface area contributed by atoms with Crippen molar-refractivity contribution in [1.82, 2.24) is 9.97 Å². The Morgan fingerprint density at radius 2 is 1.83 bits per heavy atom. The molecule has 0 aliphatic heterocycles. The largest absolute Gasteiger partial charge is 0.497 e. The number of carbonyl (C=O) groups is 1. The monoisotopic (exact) mass is 394 g/mol. The fourth-order valence-corrected chi connectivity index (χ4v) is 2.64. The van der Waals surface area contributed by atoms with Crippen LogP contribution < -0.4 is 20.1 Å². The minimum absolute atomic E-state index is 0.303. The number of benzene rings is 2. The molecule has 2 N–H and O–H groups in total. The van der Waals surface area contributed by atoms with Crippen molar-refractivity contribution in [3.05, 3.63) is 60.3 Å². The summed E-state index contributed by atoms with van der Waals surface area (Å²) in [6.07, 6.45) is 1.61. The van der Waals surface area contributed by atoms with E-state index in [0.29, 0.717) is 46.8 Å². The second-order valence-electron chi connectivity index (χ2n) is 5.85. The third-order valence-electron chi connectivity index (χ3n) is 3.99. The van der Waals surface area contributed by atoms with E-state index in [4.69, 9.17) is 14.2 Å². The van der Waals surface area contributed by atoms with Gasteiger partial charge in [0.1, 0.15) is 17.3 Å². The van der Waals surface area contributed by atoms with Crippen LogP contribution in [-0.2, 0) is 4.74 Å². The number of methoxy groups -OCH3 is 2. The molecule has 0 amide bonds. The maximum Gasteiger partial charge on any atom is 0.340 e. The molecule has 8 heteroatoms. The Balaban J connectivity index is 1.84.